The summed E-state index contributed by atoms with van der Waals surface area (Å²) in [5.41, 5.74) is 0. The Bertz CT molecular complexity index is 786. The van der Waals surface area contributed by atoms with Crippen LogP contribution in [0.5, 0.6) is 11.5 Å². The van der Waals surface area contributed by atoms with E-state index in [0.29, 0.717) is 30.5 Å². The molecule has 1 aromatic heterocycles. The Morgan fingerprint density at radius 3 is 2.64 bits per heavy atom. The van der Waals surface area contributed by atoms with Crippen molar-refractivity contribution < 1.29 is 17.9 Å². The highest BCUT2D eigenvalue weighted by atomic mass is 32.2. The molecule has 2 aromatic rings. The van der Waals surface area contributed by atoms with E-state index in [1.807, 2.05) is 13.8 Å². The van der Waals surface area contributed by atoms with Crippen molar-refractivity contribution in [1.82, 2.24) is 9.36 Å². The Morgan fingerprint density at radius 2 is 1.95 bits per heavy atom. The van der Waals surface area contributed by atoms with Crippen LogP contribution in [0.25, 0.3) is 0 Å². The Balaban J connectivity index is 1.85. The molecule has 7 nitrogen and oxygen atoms in total. The quantitative estimate of drug-likeness (QED) is 0.917. The molecule has 1 N–H and O–H groups in total. The van der Waals surface area contributed by atoms with Crippen LogP contribution in [-0.4, -0.2) is 31.0 Å². The fourth-order valence-corrected chi connectivity index (χ4v) is 3.82. The summed E-state index contributed by atoms with van der Waals surface area (Å²) in [4.78, 5) is 4.26. The summed E-state index contributed by atoms with van der Waals surface area (Å²) in [6, 6.07) is 4.50. The molecule has 0 radical (unpaired) electrons. The Hall–Kier alpha value is -1.87. The Morgan fingerprint density at radius 1 is 1.23 bits per heavy atom. The molecule has 3 rings (SSSR count). The van der Waals surface area contributed by atoms with Crippen LogP contribution in [0.3, 0.4) is 0 Å². The zero-order valence-corrected chi connectivity index (χ0v) is 13.7. The first-order valence-electron chi connectivity index (χ1n) is 6.72. The molecule has 2 heterocycles. The van der Waals surface area contributed by atoms with E-state index < -0.39 is 10.0 Å². The van der Waals surface area contributed by atoms with Crippen LogP contribution in [0.2, 0.25) is 0 Å². The predicted molar refractivity (Wildman–Crippen MR) is 82.2 cm³/mol. The molecule has 0 spiro atoms. The van der Waals surface area contributed by atoms with E-state index in [1.54, 1.807) is 6.07 Å². The van der Waals surface area contributed by atoms with Crippen molar-refractivity contribution in [2.45, 2.75) is 24.7 Å². The van der Waals surface area contributed by atoms with Crippen molar-refractivity contribution in [3.63, 3.8) is 0 Å². The van der Waals surface area contributed by atoms with Gasteiger partial charge in [0.05, 0.1) is 4.90 Å². The van der Waals surface area contributed by atoms with Gasteiger partial charge in [0.1, 0.15) is 19.0 Å². The molecule has 0 saturated carbocycles. The SMILES string of the molecule is CC(C)c1nsc(NS(=O)(=O)c2ccc3c(c2)OCCO3)n1. The second-order valence-corrected chi connectivity index (χ2v) is 7.46. The number of ether oxygens (including phenoxy) is 2. The molecule has 0 atom stereocenters. The van der Waals surface area contributed by atoms with Crippen molar-refractivity contribution in [2.24, 2.45) is 0 Å². The van der Waals surface area contributed by atoms with Gasteiger partial charge in [-0.1, -0.05) is 13.8 Å². The molecular formula is C13H15N3O4S2. The maximum atomic E-state index is 12.4. The minimum Gasteiger partial charge on any atom is -0.486 e. The molecule has 0 saturated heterocycles. The topological polar surface area (TPSA) is 90.4 Å². The summed E-state index contributed by atoms with van der Waals surface area (Å²) >= 11 is 1.02. The minimum absolute atomic E-state index is 0.0954. The van der Waals surface area contributed by atoms with Crippen LogP contribution in [0.15, 0.2) is 23.1 Å². The molecule has 0 amide bonds. The number of sulfonamides is 1. The van der Waals surface area contributed by atoms with Gasteiger partial charge in [0.15, 0.2) is 11.5 Å². The van der Waals surface area contributed by atoms with Gasteiger partial charge in [0.25, 0.3) is 10.0 Å². The lowest BCUT2D eigenvalue weighted by molar-refractivity contribution is 0.171. The number of anilines is 1. The van der Waals surface area contributed by atoms with Crippen LogP contribution in [-0.2, 0) is 10.0 Å². The molecule has 1 aromatic carbocycles. The van der Waals surface area contributed by atoms with Gasteiger partial charge in [-0.15, -0.1) is 0 Å². The van der Waals surface area contributed by atoms with Crippen molar-refractivity contribution in [2.75, 3.05) is 17.9 Å². The molecule has 0 fully saturated rings. The monoisotopic (exact) mass is 341 g/mol. The fraction of sp³-hybridized carbons (Fsp3) is 0.385. The first-order chi connectivity index (χ1) is 10.5. The lowest BCUT2D eigenvalue weighted by Gasteiger charge is -2.18. The number of hydrogen-bond donors (Lipinski definition) is 1. The van der Waals surface area contributed by atoms with E-state index in [0.717, 1.165) is 11.5 Å². The van der Waals surface area contributed by atoms with Gasteiger partial charge >= 0.3 is 0 Å². The van der Waals surface area contributed by atoms with Gasteiger partial charge in [-0.05, 0) is 12.1 Å². The third-order valence-corrected chi connectivity index (χ3v) is 5.11. The maximum Gasteiger partial charge on any atom is 0.263 e. The molecular weight excluding hydrogens is 326 g/mol. The highest BCUT2D eigenvalue weighted by Crippen LogP contribution is 2.32. The normalized spacial score (nSPS) is 14.1. The average Bonchev–Trinajstić information content (AvgIpc) is 2.95. The second-order valence-electron chi connectivity index (χ2n) is 5.02. The number of rotatable bonds is 4. The van der Waals surface area contributed by atoms with Crippen molar-refractivity contribution >= 4 is 26.7 Å². The fourth-order valence-electron chi connectivity index (χ4n) is 1.88. The van der Waals surface area contributed by atoms with Crippen molar-refractivity contribution in [3.8, 4) is 11.5 Å². The third-order valence-electron chi connectivity index (χ3n) is 3.00. The van der Waals surface area contributed by atoms with Crippen LogP contribution in [0, 0.1) is 0 Å². The van der Waals surface area contributed by atoms with Crippen LogP contribution in [0.1, 0.15) is 25.6 Å². The molecule has 1 aliphatic rings. The van der Waals surface area contributed by atoms with E-state index in [4.69, 9.17) is 9.47 Å². The van der Waals surface area contributed by atoms with Gasteiger partial charge in [-0.3, -0.25) is 4.72 Å². The lowest BCUT2D eigenvalue weighted by Crippen LogP contribution is -2.17. The summed E-state index contributed by atoms with van der Waals surface area (Å²) in [7, 11) is -3.74. The predicted octanol–water partition coefficient (Wildman–Crippen LogP) is 2.23. The molecule has 22 heavy (non-hydrogen) atoms. The summed E-state index contributed by atoms with van der Waals surface area (Å²) in [6.07, 6.45) is 0. The molecule has 0 unspecified atom stereocenters. The van der Waals surface area contributed by atoms with Crippen molar-refractivity contribution in [3.05, 3.63) is 24.0 Å². The third kappa shape index (κ3) is 3.00. The molecule has 118 valence electrons. The number of nitrogens with zero attached hydrogens (tertiary/aromatic N) is 2. The van der Waals surface area contributed by atoms with Gasteiger partial charge in [-0.2, -0.15) is 4.37 Å². The van der Waals surface area contributed by atoms with E-state index in [-0.39, 0.29) is 15.9 Å². The standard InChI is InChI=1S/C13H15N3O4S2/c1-8(2)12-14-13(21-15-12)16-22(17,18)9-3-4-10-11(7-9)20-6-5-19-10/h3-4,7-8H,5-6H2,1-2H3,(H,14,15,16). The summed E-state index contributed by atoms with van der Waals surface area (Å²) in [5.74, 6) is 1.73. The van der Waals surface area contributed by atoms with E-state index >= 15 is 0 Å². The first-order valence-corrected chi connectivity index (χ1v) is 8.97. The average molecular weight is 341 g/mol. The Kier molecular flexibility index (Phi) is 3.92. The van der Waals surface area contributed by atoms with E-state index in [1.165, 1.54) is 12.1 Å². The largest absolute Gasteiger partial charge is 0.486 e. The summed E-state index contributed by atoms with van der Waals surface area (Å²) in [5, 5.41) is 0.249. The van der Waals surface area contributed by atoms with Gasteiger partial charge in [-0.25, -0.2) is 13.4 Å². The van der Waals surface area contributed by atoms with Gasteiger partial charge < -0.3 is 9.47 Å². The van der Waals surface area contributed by atoms with Crippen LogP contribution >= 0.6 is 11.5 Å². The number of hydrogen-bond acceptors (Lipinski definition) is 7. The smallest absolute Gasteiger partial charge is 0.263 e. The zero-order chi connectivity index (χ0) is 15.7. The highest BCUT2D eigenvalue weighted by molar-refractivity contribution is 7.93. The number of benzene rings is 1. The maximum absolute atomic E-state index is 12.4. The molecule has 9 heteroatoms. The summed E-state index contributed by atoms with van der Waals surface area (Å²) in [6.45, 7) is 4.75. The Labute approximate surface area is 132 Å². The molecule has 0 bridgehead atoms. The van der Waals surface area contributed by atoms with Gasteiger partial charge in [0.2, 0.25) is 5.13 Å². The molecule has 0 aliphatic carbocycles. The first kappa shape index (κ1) is 15.0. The molecule has 1 aliphatic heterocycles. The van der Waals surface area contributed by atoms with E-state index in [9.17, 15) is 8.42 Å². The number of fused-ring (bicyclic) bond motifs is 1. The highest BCUT2D eigenvalue weighted by Gasteiger charge is 2.21. The number of aromatic nitrogens is 2. The lowest BCUT2D eigenvalue weighted by atomic mass is 10.2. The summed E-state index contributed by atoms with van der Waals surface area (Å²) < 4.78 is 42.1. The minimum atomic E-state index is -3.74. The van der Waals surface area contributed by atoms with E-state index in [2.05, 4.69) is 14.1 Å². The van der Waals surface area contributed by atoms with Crippen molar-refractivity contribution in [1.29, 1.82) is 0 Å². The second kappa shape index (κ2) is 5.73. The van der Waals surface area contributed by atoms with Crippen LogP contribution < -0.4 is 14.2 Å². The van der Waals surface area contributed by atoms with Crippen LogP contribution in [0.4, 0.5) is 5.13 Å². The number of nitrogens with one attached hydrogen (secondary N) is 1. The zero-order valence-electron chi connectivity index (χ0n) is 12.1. The van der Waals surface area contributed by atoms with Gasteiger partial charge in [0, 0.05) is 23.5 Å².